The van der Waals surface area contributed by atoms with E-state index in [0.29, 0.717) is 19.1 Å². The number of ether oxygens (including phenoxy) is 2. The molecule has 0 aliphatic heterocycles. The van der Waals surface area contributed by atoms with Gasteiger partial charge >= 0.3 is 12.5 Å². The number of benzene rings is 2. The monoisotopic (exact) mass is 428 g/mol. The highest BCUT2D eigenvalue weighted by Crippen LogP contribution is 2.41. The van der Waals surface area contributed by atoms with Crippen molar-refractivity contribution in [2.45, 2.75) is 25.4 Å². The third-order valence-electron chi connectivity index (χ3n) is 3.09. The SMILES string of the molecule is CC(F)(F)C/N=N/c1ccc(Oc2ccc(OC(F)(F)F)c(C(F)(F)F)c2)cc1. The molecule has 0 aromatic heterocycles. The molecule has 4 nitrogen and oxygen atoms in total. The second kappa shape index (κ2) is 8.21. The summed E-state index contributed by atoms with van der Waals surface area (Å²) < 4.78 is 110. The van der Waals surface area contributed by atoms with Crippen LogP contribution < -0.4 is 9.47 Å². The first-order valence-corrected chi connectivity index (χ1v) is 7.73. The van der Waals surface area contributed by atoms with Crippen LogP contribution in [-0.4, -0.2) is 18.8 Å². The van der Waals surface area contributed by atoms with E-state index in [1.165, 1.54) is 24.3 Å². The van der Waals surface area contributed by atoms with Gasteiger partial charge in [-0.05, 0) is 42.5 Å². The van der Waals surface area contributed by atoms with Crippen LogP contribution in [0.1, 0.15) is 12.5 Å². The van der Waals surface area contributed by atoms with Gasteiger partial charge in [-0.3, -0.25) is 0 Å². The molecule has 0 bridgehead atoms. The van der Waals surface area contributed by atoms with E-state index in [-0.39, 0.29) is 11.4 Å². The van der Waals surface area contributed by atoms with Gasteiger partial charge in [0.25, 0.3) is 5.92 Å². The van der Waals surface area contributed by atoms with Gasteiger partial charge in [0.05, 0.1) is 5.69 Å². The Morgan fingerprint density at radius 2 is 1.41 bits per heavy atom. The molecule has 0 amide bonds. The fourth-order valence-electron chi connectivity index (χ4n) is 1.97. The van der Waals surface area contributed by atoms with E-state index in [2.05, 4.69) is 15.0 Å². The fraction of sp³-hybridized carbons (Fsp3) is 0.294. The van der Waals surface area contributed by atoms with Crippen LogP contribution in [0.2, 0.25) is 0 Å². The quantitative estimate of drug-likeness (QED) is 0.363. The van der Waals surface area contributed by atoms with Crippen LogP contribution in [0.5, 0.6) is 17.2 Å². The first kappa shape index (κ1) is 22.4. The summed E-state index contributed by atoms with van der Waals surface area (Å²) in [5.41, 5.74) is -1.48. The van der Waals surface area contributed by atoms with Crippen LogP contribution in [0, 0.1) is 0 Å². The molecule has 2 rings (SSSR count). The van der Waals surface area contributed by atoms with Crippen molar-refractivity contribution in [2.75, 3.05) is 6.54 Å². The standard InChI is InChI=1S/C17H12F8N2O2/c1-15(18,19)9-26-27-10-2-4-11(5-3-10)28-12-6-7-14(29-17(23,24)25)13(8-12)16(20,21)22/h2-8H,9H2,1H3/b27-26+. The molecule has 0 atom stereocenters. The van der Waals surface area contributed by atoms with E-state index < -0.39 is 42.1 Å². The van der Waals surface area contributed by atoms with Crippen molar-refractivity contribution in [3.8, 4) is 17.2 Å². The zero-order chi connectivity index (χ0) is 21.9. The van der Waals surface area contributed by atoms with E-state index in [1.807, 2.05) is 0 Å². The molecule has 29 heavy (non-hydrogen) atoms. The average Bonchev–Trinajstić information content (AvgIpc) is 2.54. The van der Waals surface area contributed by atoms with E-state index in [4.69, 9.17) is 4.74 Å². The van der Waals surface area contributed by atoms with Gasteiger partial charge in [-0.15, -0.1) is 13.2 Å². The number of hydrogen-bond acceptors (Lipinski definition) is 4. The number of azo groups is 1. The van der Waals surface area contributed by atoms with Crippen LogP contribution in [0.25, 0.3) is 0 Å². The molecule has 0 unspecified atom stereocenters. The normalized spacial score (nSPS) is 13.0. The zero-order valence-corrected chi connectivity index (χ0v) is 14.5. The molecular weight excluding hydrogens is 416 g/mol. The summed E-state index contributed by atoms with van der Waals surface area (Å²) >= 11 is 0. The lowest BCUT2D eigenvalue weighted by Gasteiger charge is -2.16. The molecule has 12 heteroatoms. The maximum absolute atomic E-state index is 13.0. The van der Waals surface area contributed by atoms with Gasteiger partial charge in [-0.2, -0.15) is 23.4 Å². The second-order valence-electron chi connectivity index (χ2n) is 5.77. The molecule has 0 saturated heterocycles. The Hall–Kier alpha value is -2.92. The third kappa shape index (κ3) is 7.54. The molecule has 0 spiro atoms. The van der Waals surface area contributed by atoms with Gasteiger partial charge in [-0.1, -0.05) is 0 Å². The molecule has 0 aliphatic rings. The van der Waals surface area contributed by atoms with Crippen LogP contribution in [0.4, 0.5) is 40.8 Å². The minimum absolute atomic E-state index is 0.0300. The van der Waals surface area contributed by atoms with Crippen LogP contribution in [0.15, 0.2) is 52.7 Å². The van der Waals surface area contributed by atoms with Crippen molar-refractivity contribution < 1.29 is 44.6 Å². The highest BCUT2D eigenvalue weighted by Gasteiger charge is 2.39. The molecule has 0 saturated carbocycles. The Bertz CT molecular complexity index is 856. The van der Waals surface area contributed by atoms with Crippen LogP contribution in [0.3, 0.4) is 0 Å². The van der Waals surface area contributed by atoms with Gasteiger partial charge in [0.2, 0.25) is 0 Å². The lowest BCUT2D eigenvalue weighted by molar-refractivity contribution is -0.276. The smallest absolute Gasteiger partial charge is 0.457 e. The average molecular weight is 428 g/mol. The minimum atomic E-state index is -5.30. The Balaban J connectivity index is 2.17. The zero-order valence-electron chi connectivity index (χ0n) is 14.5. The number of nitrogens with zero attached hydrogens (tertiary/aromatic N) is 2. The summed E-state index contributed by atoms with van der Waals surface area (Å²) in [7, 11) is 0. The van der Waals surface area contributed by atoms with Crippen molar-refractivity contribution >= 4 is 5.69 Å². The number of hydrogen-bond donors (Lipinski definition) is 0. The predicted octanol–water partition coefficient (Wildman–Crippen LogP) is 7.14. The van der Waals surface area contributed by atoms with E-state index in [9.17, 15) is 35.1 Å². The highest BCUT2D eigenvalue weighted by molar-refractivity contribution is 5.45. The summed E-state index contributed by atoms with van der Waals surface area (Å²) in [5.74, 6) is -4.81. The van der Waals surface area contributed by atoms with E-state index >= 15 is 0 Å². The summed E-state index contributed by atoms with van der Waals surface area (Å²) in [6.07, 6.45) is -10.4. The van der Waals surface area contributed by atoms with Gasteiger partial charge < -0.3 is 9.47 Å². The first-order valence-electron chi connectivity index (χ1n) is 7.73. The summed E-state index contributed by atoms with van der Waals surface area (Å²) in [4.78, 5) is 0. The first-order chi connectivity index (χ1) is 13.2. The molecule has 158 valence electrons. The van der Waals surface area contributed by atoms with Crippen LogP contribution in [-0.2, 0) is 6.18 Å². The molecule has 0 heterocycles. The lowest BCUT2D eigenvalue weighted by atomic mass is 10.2. The van der Waals surface area contributed by atoms with Crippen molar-refractivity contribution in [2.24, 2.45) is 10.2 Å². The molecule has 0 fully saturated rings. The Kier molecular flexibility index (Phi) is 6.34. The Morgan fingerprint density at radius 1 is 0.828 bits per heavy atom. The molecular formula is C17H12F8N2O2. The minimum Gasteiger partial charge on any atom is -0.457 e. The van der Waals surface area contributed by atoms with Crippen molar-refractivity contribution in [3.63, 3.8) is 0 Å². The van der Waals surface area contributed by atoms with E-state index in [1.54, 1.807) is 0 Å². The fourth-order valence-corrected chi connectivity index (χ4v) is 1.97. The van der Waals surface area contributed by atoms with Gasteiger partial charge in [0.1, 0.15) is 29.4 Å². The van der Waals surface area contributed by atoms with Gasteiger partial charge in [0, 0.05) is 6.92 Å². The molecule has 2 aromatic carbocycles. The molecule has 0 N–H and O–H groups in total. The van der Waals surface area contributed by atoms with E-state index in [0.717, 1.165) is 6.07 Å². The topological polar surface area (TPSA) is 43.2 Å². The molecule has 2 aromatic rings. The largest absolute Gasteiger partial charge is 0.573 e. The summed E-state index contributed by atoms with van der Waals surface area (Å²) in [6, 6.07) is 6.86. The maximum Gasteiger partial charge on any atom is 0.573 e. The molecule has 0 radical (unpaired) electrons. The third-order valence-corrected chi connectivity index (χ3v) is 3.09. The van der Waals surface area contributed by atoms with Crippen LogP contribution >= 0.6 is 0 Å². The molecule has 0 aliphatic carbocycles. The maximum atomic E-state index is 13.0. The highest BCUT2D eigenvalue weighted by atomic mass is 19.4. The summed E-state index contributed by atoms with van der Waals surface area (Å²) in [5, 5.41) is 6.86. The van der Waals surface area contributed by atoms with Crippen molar-refractivity contribution in [3.05, 3.63) is 48.0 Å². The second-order valence-corrected chi connectivity index (χ2v) is 5.77. The Labute approximate surface area is 158 Å². The predicted molar refractivity (Wildman–Crippen MR) is 84.6 cm³/mol. The number of alkyl halides is 8. The van der Waals surface area contributed by atoms with Crippen molar-refractivity contribution in [1.29, 1.82) is 0 Å². The number of halogens is 8. The van der Waals surface area contributed by atoms with Gasteiger partial charge in [0.15, 0.2) is 0 Å². The summed E-state index contributed by atoms with van der Waals surface area (Å²) in [6.45, 7) is -0.152. The number of rotatable bonds is 6. The lowest BCUT2D eigenvalue weighted by Crippen LogP contribution is -2.20. The van der Waals surface area contributed by atoms with Crippen molar-refractivity contribution in [1.82, 2.24) is 0 Å². The Morgan fingerprint density at radius 3 is 1.93 bits per heavy atom. The van der Waals surface area contributed by atoms with Gasteiger partial charge in [-0.25, -0.2) is 8.78 Å².